The molecule has 0 amide bonds. The Morgan fingerprint density at radius 1 is 1.30 bits per heavy atom. The second-order valence-corrected chi connectivity index (χ2v) is 6.46. The Bertz CT molecular complexity index is 664. The fourth-order valence-corrected chi connectivity index (χ4v) is 3.36. The molecule has 1 atom stereocenters. The van der Waals surface area contributed by atoms with Crippen LogP contribution < -0.4 is 10.5 Å². The van der Waals surface area contributed by atoms with Crippen molar-refractivity contribution in [2.45, 2.75) is 10.6 Å². The molecule has 0 heterocycles. The summed E-state index contributed by atoms with van der Waals surface area (Å²) in [4.78, 5) is 0.448. The molecule has 6 heteroatoms. The maximum absolute atomic E-state index is 13.7. The smallest absolute Gasteiger partial charge is 0.127 e. The SMILES string of the molecule is COc1ccc(N)c(S(=O)Cc2cc(Br)ccc2F)c1. The molecule has 0 saturated carbocycles. The zero-order valence-corrected chi connectivity index (χ0v) is 13.1. The van der Waals surface area contributed by atoms with Crippen LogP contribution in [0.1, 0.15) is 5.56 Å². The van der Waals surface area contributed by atoms with E-state index in [-0.39, 0.29) is 11.6 Å². The highest BCUT2D eigenvalue weighted by molar-refractivity contribution is 9.10. The van der Waals surface area contributed by atoms with Crippen LogP contribution in [0, 0.1) is 5.82 Å². The van der Waals surface area contributed by atoms with Crippen LogP contribution in [0.5, 0.6) is 5.75 Å². The summed E-state index contributed by atoms with van der Waals surface area (Å²) in [5, 5.41) is 0. The molecule has 0 aliphatic rings. The van der Waals surface area contributed by atoms with E-state index >= 15 is 0 Å². The van der Waals surface area contributed by atoms with Crippen molar-refractivity contribution in [3.8, 4) is 5.75 Å². The van der Waals surface area contributed by atoms with Gasteiger partial charge >= 0.3 is 0 Å². The molecule has 20 heavy (non-hydrogen) atoms. The van der Waals surface area contributed by atoms with Gasteiger partial charge in [0.25, 0.3) is 0 Å². The molecule has 106 valence electrons. The summed E-state index contributed by atoms with van der Waals surface area (Å²) in [6.45, 7) is 0. The number of halogens is 2. The number of nitrogens with two attached hydrogens (primary N) is 1. The zero-order valence-electron chi connectivity index (χ0n) is 10.7. The second-order valence-electron chi connectivity index (χ2n) is 4.13. The van der Waals surface area contributed by atoms with Gasteiger partial charge in [-0.1, -0.05) is 15.9 Å². The summed E-state index contributed by atoms with van der Waals surface area (Å²) < 4.78 is 31.9. The van der Waals surface area contributed by atoms with Crippen LogP contribution in [0.2, 0.25) is 0 Å². The van der Waals surface area contributed by atoms with Crippen LogP contribution in [-0.2, 0) is 16.6 Å². The first-order valence-electron chi connectivity index (χ1n) is 5.77. The van der Waals surface area contributed by atoms with Crippen LogP contribution in [0.15, 0.2) is 45.8 Å². The number of benzene rings is 2. The first-order valence-corrected chi connectivity index (χ1v) is 7.88. The molecule has 0 fully saturated rings. The monoisotopic (exact) mass is 357 g/mol. The van der Waals surface area contributed by atoms with E-state index in [1.165, 1.54) is 13.2 Å². The molecule has 2 N–H and O–H groups in total. The van der Waals surface area contributed by atoms with Crippen molar-refractivity contribution in [1.29, 1.82) is 0 Å². The Balaban J connectivity index is 2.30. The lowest BCUT2D eigenvalue weighted by molar-refractivity contribution is 0.413. The number of anilines is 1. The van der Waals surface area contributed by atoms with Crippen molar-refractivity contribution in [2.75, 3.05) is 12.8 Å². The highest BCUT2D eigenvalue weighted by Crippen LogP contribution is 2.26. The highest BCUT2D eigenvalue weighted by Gasteiger charge is 2.13. The Morgan fingerprint density at radius 3 is 2.75 bits per heavy atom. The molecule has 0 aliphatic carbocycles. The number of hydrogen-bond donors (Lipinski definition) is 1. The molecule has 0 bridgehead atoms. The molecule has 0 aliphatic heterocycles. The molecular weight excluding hydrogens is 345 g/mol. The van der Waals surface area contributed by atoms with Crippen molar-refractivity contribution in [3.05, 3.63) is 52.3 Å². The van der Waals surface area contributed by atoms with E-state index in [4.69, 9.17) is 10.5 Å². The van der Waals surface area contributed by atoms with Gasteiger partial charge in [-0.15, -0.1) is 0 Å². The van der Waals surface area contributed by atoms with Gasteiger partial charge in [0.15, 0.2) is 0 Å². The minimum absolute atomic E-state index is 0.0582. The van der Waals surface area contributed by atoms with Crippen molar-refractivity contribution in [1.82, 2.24) is 0 Å². The Morgan fingerprint density at radius 2 is 2.05 bits per heavy atom. The third-order valence-corrected chi connectivity index (χ3v) is 4.67. The van der Waals surface area contributed by atoms with Gasteiger partial charge in [-0.25, -0.2) is 4.39 Å². The molecule has 2 aromatic carbocycles. The molecule has 2 rings (SSSR count). The summed E-state index contributed by atoms with van der Waals surface area (Å²) >= 11 is 3.27. The van der Waals surface area contributed by atoms with Gasteiger partial charge in [-0.2, -0.15) is 0 Å². The average molecular weight is 358 g/mol. The Labute approximate surface area is 127 Å². The van der Waals surface area contributed by atoms with Gasteiger partial charge in [0.2, 0.25) is 0 Å². The van der Waals surface area contributed by atoms with Gasteiger partial charge in [0.1, 0.15) is 11.6 Å². The lowest BCUT2D eigenvalue weighted by Gasteiger charge is -2.09. The molecule has 0 radical (unpaired) electrons. The van der Waals surface area contributed by atoms with Crippen LogP contribution in [0.4, 0.5) is 10.1 Å². The van der Waals surface area contributed by atoms with Crippen LogP contribution in [0.25, 0.3) is 0 Å². The minimum atomic E-state index is -1.44. The van der Waals surface area contributed by atoms with Crippen molar-refractivity contribution in [3.63, 3.8) is 0 Å². The van der Waals surface area contributed by atoms with Crippen molar-refractivity contribution >= 4 is 32.4 Å². The standard InChI is InChI=1S/C14H13BrFNO2S/c1-19-11-3-5-13(17)14(7-11)20(18)8-9-6-10(15)2-4-12(9)16/h2-7H,8,17H2,1H3. The number of hydrogen-bond acceptors (Lipinski definition) is 3. The number of nitrogen functional groups attached to an aromatic ring is 1. The maximum Gasteiger partial charge on any atom is 0.127 e. The fourth-order valence-electron chi connectivity index (χ4n) is 1.71. The largest absolute Gasteiger partial charge is 0.497 e. The van der Waals surface area contributed by atoms with E-state index in [1.54, 1.807) is 30.3 Å². The van der Waals surface area contributed by atoms with E-state index in [2.05, 4.69) is 15.9 Å². The van der Waals surface area contributed by atoms with Crippen LogP contribution in [-0.4, -0.2) is 11.3 Å². The quantitative estimate of drug-likeness (QED) is 0.852. The van der Waals surface area contributed by atoms with E-state index in [9.17, 15) is 8.60 Å². The van der Waals surface area contributed by atoms with Crippen LogP contribution >= 0.6 is 15.9 Å². The van der Waals surface area contributed by atoms with Gasteiger partial charge in [-0.3, -0.25) is 4.21 Å². The van der Waals surface area contributed by atoms with E-state index in [0.717, 1.165) is 4.47 Å². The first-order chi connectivity index (χ1) is 9.51. The normalized spacial score (nSPS) is 12.2. The summed E-state index contributed by atoms with van der Waals surface area (Å²) in [5.74, 6) is 0.239. The lowest BCUT2D eigenvalue weighted by atomic mass is 10.2. The summed E-state index contributed by atoms with van der Waals surface area (Å²) in [6.07, 6.45) is 0. The molecule has 3 nitrogen and oxygen atoms in total. The number of rotatable bonds is 4. The third-order valence-electron chi connectivity index (χ3n) is 2.76. The van der Waals surface area contributed by atoms with Crippen LogP contribution in [0.3, 0.4) is 0 Å². The van der Waals surface area contributed by atoms with Crippen molar-refractivity contribution in [2.24, 2.45) is 0 Å². The van der Waals surface area contributed by atoms with E-state index in [1.807, 2.05) is 0 Å². The fraction of sp³-hybridized carbons (Fsp3) is 0.143. The maximum atomic E-state index is 13.7. The average Bonchev–Trinajstić information content (AvgIpc) is 2.43. The van der Waals surface area contributed by atoms with Gasteiger partial charge in [0, 0.05) is 15.7 Å². The number of methoxy groups -OCH3 is 1. The second kappa shape index (κ2) is 6.37. The van der Waals surface area contributed by atoms with Gasteiger partial charge < -0.3 is 10.5 Å². The third kappa shape index (κ3) is 3.37. The highest BCUT2D eigenvalue weighted by atomic mass is 79.9. The molecular formula is C14H13BrFNO2S. The molecule has 2 aromatic rings. The topological polar surface area (TPSA) is 52.3 Å². The predicted octanol–water partition coefficient (Wildman–Crippen LogP) is 3.49. The predicted molar refractivity (Wildman–Crippen MR) is 81.6 cm³/mol. The molecule has 1 unspecified atom stereocenters. The van der Waals surface area contributed by atoms with E-state index in [0.29, 0.717) is 21.9 Å². The number of ether oxygens (including phenoxy) is 1. The molecule has 0 spiro atoms. The minimum Gasteiger partial charge on any atom is -0.497 e. The Kier molecular flexibility index (Phi) is 4.77. The molecule has 0 saturated heterocycles. The summed E-state index contributed by atoms with van der Waals surface area (Å²) in [5.41, 5.74) is 6.59. The summed E-state index contributed by atoms with van der Waals surface area (Å²) in [7, 11) is 0.0778. The summed E-state index contributed by atoms with van der Waals surface area (Å²) in [6, 6.07) is 9.48. The van der Waals surface area contributed by atoms with Crippen molar-refractivity contribution < 1.29 is 13.3 Å². The van der Waals surface area contributed by atoms with Gasteiger partial charge in [0.05, 0.1) is 28.6 Å². The first kappa shape index (κ1) is 15.0. The lowest BCUT2D eigenvalue weighted by Crippen LogP contribution is -2.03. The van der Waals surface area contributed by atoms with Gasteiger partial charge in [-0.05, 0) is 36.4 Å². The Hall–Kier alpha value is -1.40. The van der Waals surface area contributed by atoms with E-state index < -0.39 is 10.8 Å². The zero-order chi connectivity index (χ0) is 14.7. The molecule has 0 aromatic heterocycles.